The summed E-state index contributed by atoms with van der Waals surface area (Å²) in [5.41, 5.74) is 1.76. The molecule has 1 fully saturated rings. The van der Waals surface area contributed by atoms with Gasteiger partial charge < -0.3 is 19.5 Å². The van der Waals surface area contributed by atoms with Gasteiger partial charge in [0.2, 0.25) is 0 Å². The highest BCUT2D eigenvalue weighted by molar-refractivity contribution is 6.11. The van der Waals surface area contributed by atoms with Crippen LogP contribution in [-0.2, 0) is 20.9 Å². The number of nitrogens with zero attached hydrogens (tertiary/aromatic N) is 1. The van der Waals surface area contributed by atoms with Crippen LogP contribution in [0.4, 0.5) is 4.39 Å². The fraction of sp³-hybridized carbons (Fsp3) is 0.407. The number of carbonyl (C=O) groups excluding carboxylic acids is 2. The van der Waals surface area contributed by atoms with Crippen LogP contribution in [0.25, 0.3) is 0 Å². The smallest absolute Gasteiger partial charge is 0.290 e. The third-order valence-electron chi connectivity index (χ3n) is 7.07. The van der Waals surface area contributed by atoms with Crippen molar-refractivity contribution in [1.82, 2.24) is 4.90 Å². The molecule has 4 atom stereocenters. The number of amides is 1. The van der Waals surface area contributed by atoms with Crippen LogP contribution >= 0.6 is 0 Å². The molecule has 1 saturated carbocycles. The van der Waals surface area contributed by atoms with Gasteiger partial charge >= 0.3 is 0 Å². The fourth-order valence-corrected chi connectivity index (χ4v) is 5.39. The topological polar surface area (TPSA) is 76.1 Å². The van der Waals surface area contributed by atoms with Crippen LogP contribution in [0.15, 0.2) is 53.8 Å². The summed E-state index contributed by atoms with van der Waals surface area (Å²) in [6.07, 6.45) is 2.16. The summed E-state index contributed by atoms with van der Waals surface area (Å²) in [7, 11) is 0. The molecule has 34 heavy (non-hydrogen) atoms. The van der Waals surface area contributed by atoms with Gasteiger partial charge in [0.05, 0.1) is 24.1 Å². The summed E-state index contributed by atoms with van der Waals surface area (Å²) in [5, 5.41) is 10.2. The lowest BCUT2D eigenvalue weighted by molar-refractivity contribution is -0.136. The predicted molar refractivity (Wildman–Crippen MR) is 122 cm³/mol. The van der Waals surface area contributed by atoms with Gasteiger partial charge in [-0.1, -0.05) is 25.1 Å². The Kier molecular flexibility index (Phi) is 5.80. The zero-order valence-electron chi connectivity index (χ0n) is 19.3. The van der Waals surface area contributed by atoms with Crippen molar-refractivity contribution in [2.45, 2.75) is 51.8 Å². The van der Waals surface area contributed by atoms with Crippen LogP contribution < -0.4 is 4.74 Å². The minimum atomic E-state index is -0.682. The quantitative estimate of drug-likeness (QED) is 0.695. The Morgan fingerprint density at radius 3 is 2.65 bits per heavy atom. The number of hydrogen-bond donors (Lipinski definition) is 1. The Balaban J connectivity index is 1.59. The molecule has 0 bridgehead atoms. The van der Waals surface area contributed by atoms with E-state index in [9.17, 15) is 19.1 Å². The van der Waals surface area contributed by atoms with Crippen molar-refractivity contribution in [3.63, 3.8) is 0 Å². The Morgan fingerprint density at radius 2 is 1.91 bits per heavy atom. The van der Waals surface area contributed by atoms with E-state index in [1.165, 1.54) is 18.2 Å². The molecule has 0 radical (unpaired) electrons. The maximum Gasteiger partial charge on any atom is 0.290 e. The molecule has 178 valence electrons. The number of hydrogen-bond acceptors (Lipinski definition) is 5. The molecule has 1 amide bonds. The lowest BCUT2D eigenvalue weighted by Crippen LogP contribution is -2.41. The zero-order chi connectivity index (χ0) is 24.0. The number of phenolic OH excluding ortho intramolecular Hbond substituents is 1. The molecule has 6 nitrogen and oxygen atoms in total. The number of ketones is 1. The van der Waals surface area contributed by atoms with E-state index in [0.29, 0.717) is 23.7 Å². The van der Waals surface area contributed by atoms with Crippen molar-refractivity contribution in [3.05, 3.63) is 70.7 Å². The first-order valence-electron chi connectivity index (χ1n) is 11.8. The molecule has 3 aliphatic rings. The molecule has 5 rings (SSSR count). The molecule has 7 heteroatoms. The number of benzene rings is 2. The number of phenols is 1. The maximum atomic E-state index is 13.8. The molecule has 1 N–H and O–H groups in total. The molecular weight excluding hydrogens is 437 g/mol. The second-order valence-corrected chi connectivity index (χ2v) is 9.41. The maximum absolute atomic E-state index is 13.8. The van der Waals surface area contributed by atoms with Gasteiger partial charge in [-0.2, -0.15) is 0 Å². The van der Waals surface area contributed by atoms with E-state index in [0.717, 1.165) is 24.8 Å². The Labute approximate surface area is 198 Å². The summed E-state index contributed by atoms with van der Waals surface area (Å²) in [4.78, 5) is 29.0. The lowest BCUT2D eigenvalue weighted by Gasteiger charge is -2.37. The van der Waals surface area contributed by atoms with Crippen LogP contribution in [0.5, 0.6) is 11.5 Å². The molecule has 2 aromatic rings. The van der Waals surface area contributed by atoms with Gasteiger partial charge in [-0.25, -0.2) is 4.39 Å². The molecule has 0 saturated heterocycles. The summed E-state index contributed by atoms with van der Waals surface area (Å²) >= 11 is 0. The van der Waals surface area contributed by atoms with Crippen molar-refractivity contribution in [2.75, 3.05) is 6.61 Å². The van der Waals surface area contributed by atoms with Gasteiger partial charge in [-0.15, -0.1) is 0 Å². The van der Waals surface area contributed by atoms with Gasteiger partial charge in [0.1, 0.15) is 11.9 Å². The molecule has 1 aliphatic carbocycles. The number of rotatable bonds is 5. The fourth-order valence-electron chi connectivity index (χ4n) is 5.39. The van der Waals surface area contributed by atoms with Crippen molar-refractivity contribution < 1.29 is 28.6 Å². The van der Waals surface area contributed by atoms with Gasteiger partial charge in [-0.3, -0.25) is 9.59 Å². The minimum absolute atomic E-state index is 0.0124. The highest BCUT2D eigenvalue weighted by atomic mass is 19.1. The Morgan fingerprint density at radius 1 is 1.15 bits per heavy atom. The van der Waals surface area contributed by atoms with Crippen LogP contribution in [0.1, 0.15) is 50.3 Å². The highest BCUT2D eigenvalue weighted by Crippen LogP contribution is 2.48. The molecule has 0 aromatic heterocycles. The average molecular weight is 466 g/mol. The largest absolute Gasteiger partial charge is 0.504 e. The second kappa shape index (κ2) is 8.78. The predicted octanol–water partition coefficient (Wildman–Crippen LogP) is 4.67. The highest BCUT2D eigenvalue weighted by Gasteiger charge is 2.52. The van der Waals surface area contributed by atoms with E-state index in [4.69, 9.17) is 9.47 Å². The minimum Gasteiger partial charge on any atom is -0.504 e. The SMILES string of the molecule is CCOc1cc(C2C3=C(OC4CCC(C)CC4C3=O)C(=O)N2Cc2ccc(F)cc2)ccc1O. The number of aromatic hydroxyl groups is 1. The van der Waals surface area contributed by atoms with E-state index in [1.807, 2.05) is 6.92 Å². The Hall–Kier alpha value is -3.35. The second-order valence-electron chi connectivity index (χ2n) is 9.41. The van der Waals surface area contributed by atoms with Gasteiger partial charge in [0.25, 0.3) is 5.91 Å². The van der Waals surface area contributed by atoms with E-state index < -0.39 is 6.04 Å². The van der Waals surface area contributed by atoms with E-state index in [-0.39, 0.29) is 53.3 Å². The first-order chi connectivity index (χ1) is 16.4. The number of Topliss-reactive ketones (excluding diaryl/α,β-unsaturated/α-hetero) is 1. The molecule has 2 aliphatic heterocycles. The Bertz CT molecular complexity index is 1160. The molecular formula is C27H28FNO5. The van der Waals surface area contributed by atoms with Crippen molar-refractivity contribution >= 4 is 11.7 Å². The zero-order valence-corrected chi connectivity index (χ0v) is 19.3. The first kappa shape index (κ1) is 22.4. The first-order valence-corrected chi connectivity index (χ1v) is 11.8. The van der Waals surface area contributed by atoms with Gasteiger partial charge in [0.15, 0.2) is 23.0 Å². The molecule has 0 spiro atoms. The van der Waals surface area contributed by atoms with Crippen molar-refractivity contribution in [2.24, 2.45) is 11.8 Å². The van der Waals surface area contributed by atoms with Crippen LogP contribution in [-0.4, -0.2) is 34.4 Å². The monoisotopic (exact) mass is 465 g/mol. The number of fused-ring (bicyclic) bond motifs is 1. The van der Waals surface area contributed by atoms with Crippen LogP contribution in [0, 0.1) is 17.7 Å². The summed E-state index contributed by atoms with van der Waals surface area (Å²) in [5.74, 6) is -0.198. The van der Waals surface area contributed by atoms with Crippen LogP contribution in [0.2, 0.25) is 0 Å². The summed E-state index contributed by atoms with van der Waals surface area (Å²) in [6, 6.07) is 10.2. The molecule has 4 unspecified atom stereocenters. The van der Waals surface area contributed by atoms with Crippen molar-refractivity contribution in [3.8, 4) is 11.5 Å². The lowest BCUT2D eigenvalue weighted by atomic mass is 9.74. The summed E-state index contributed by atoms with van der Waals surface area (Å²) < 4.78 is 25.3. The van der Waals surface area contributed by atoms with Crippen molar-refractivity contribution in [1.29, 1.82) is 0 Å². The summed E-state index contributed by atoms with van der Waals surface area (Å²) in [6.45, 7) is 4.50. The normalized spacial score (nSPS) is 26.3. The standard InChI is InChI=1S/C27H28FNO5/c1-3-33-22-13-17(7-10-20(22)30)24-23-25(31)19-12-15(2)4-11-21(19)34-26(23)27(32)29(24)14-16-5-8-18(28)9-6-16/h5-10,13,15,19,21,24,30H,3-4,11-12,14H2,1-2H3. The van der Waals surface area contributed by atoms with E-state index in [2.05, 4.69) is 6.92 Å². The molecule has 2 heterocycles. The number of carbonyl (C=O) groups is 2. The molecule has 2 aromatic carbocycles. The van der Waals surface area contributed by atoms with E-state index >= 15 is 0 Å². The van der Waals surface area contributed by atoms with Gasteiger partial charge in [0, 0.05) is 6.54 Å². The van der Waals surface area contributed by atoms with Gasteiger partial charge in [-0.05, 0) is 67.5 Å². The number of ether oxygens (including phenoxy) is 2. The third kappa shape index (κ3) is 3.83. The average Bonchev–Trinajstić information content (AvgIpc) is 3.09. The van der Waals surface area contributed by atoms with Crippen LogP contribution in [0.3, 0.4) is 0 Å². The van der Waals surface area contributed by atoms with E-state index in [1.54, 1.807) is 29.2 Å². The third-order valence-corrected chi connectivity index (χ3v) is 7.07. The number of halogens is 1.